The van der Waals surface area contributed by atoms with Crippen molar-refractivity contribution < 1.29 is 4.42 Å². The summed E-state index contributed by atoms with van der Waals surface area (Å²) in [7, 11) is 0.800. The third-order valence-electron chi connectivity index (χ3n) is 16.7. The largest absolute Gasteiger partial charge is 0.456 e. The molecule has 1 aromatic heterocycles. The maximum atomic E-state index is 7.06. The molecule has 2 aliphatic carbocycles. The Hall–Kier alpha value is -6.78. The van der Waals surface area contributed by atoms with Gasteiger partial charge in [0.1, 0.15) is 11.2 Å². The molecule has 0 saturated heterocycles. The molecule has 12 rings (SSSR count). The summed E-state index contributed by atoms with van der Waals surface area (Å²) in [4.78, 5) is 2.64. The normalized spacial score (nSPS) is 17.1. The molecule has 1 N–H and O–H groups in total. The van der Waals surface area contributed by atoms with E-state index < -0.39 is 0 Å². The summed E-state index contributed by atoms with van der Waals surface area (Å²) in [6.07, 6.45) is 4.60. The fourth-order valence-corrected chi connectivity index (χ4v) is 12.3. The highest BCUT2D eigenvalue weighted by Crippen LogP contribution is 2.53. The zero-order chi connectivity index (χ0) is 47.6. The molecule has 0 amide bonds. The number of nitrogens with one attached hydrogen (secondary N) is 1. The van der Waals surface area contributed by atoms with Crippen molar-refractivity contribution in [2.75, 3.05) is 10.2 Å². The van der Waals surface area contributed by atoms with Crippen LogP contribution in [0.5, 0.6) is 0 Å². The van der Waals surface area contributed by atoms with Crippen molar-refractivity contribution in [3.8, 4) is 33.4 Å². The number of rotatable bonds is 6. The number of furan rings is 1. The molecular weight excluding hydrogens is 836 g/mol. The van der Waals surface area contributed by atoms with E-state index in [4.69, 9.17) is 4.42 Å². The molecule has 69 heavy (non-hydrogen) atoms. The molecular formula is C65H63BN2O. The van der Waals surface area contributed by atoms with Gasteiger partial charge in [-0.05, 0) is 170 Å². The van der Waals surface area contributed by atoms with Crippen LogP contribution >= 0.6 is 0 Å². The number of anilines is 5. The van der Waals surface area contributed by atoms with Gasteiger partial charge >= 0.3 is 0 Å². The summed E-state index contributed by atoms with van der Waals surface area (Å²) in [5, 5.41) is 6.37. The molecule has 0 saturated carbocycles. The van der Waals surface area contributed by atoms with Gasteiger partial charge in [0.15, 0.2) is 7.28 Å². The zero-order valence-electron chi connectivity index (χ0n) is 41.9. The molecule has 0 fully saturated rings. The van der Waals surface area contributed by atoms with Crippen LogP contribution in [0, 0.1) is 6.92 Å². The first-order valence-corrected chi connectivity index (χ1v) is 25.3. The highest BCUT2D eigenvalue weighted by atomic mass is 16.3. The fourth-order valence-electron chi connectivity index (χ4n) is 12.3. The Labute approximate surface area is 409 Å². The molecule has 0 spiro atoms. The van der Waals surface area contributed by atoms with E-state index in [9.17, 15) is 0 Å². The van der Waals surface area contributed by atoms with Crippen molar-refractivity contribution in [3.63, 3.8) is 0 Å². The van der Waals surface area contributed by atoms with Gasteiger partial charge in [-0.25, -0.2) is 0 Å². The second-order valence-electron chi connectivity index (χ2n) is 23.2. The molecule has 3 aliphatic rings. The molecule has 4 heteroatoms. The van der Waals surface area contributed by atoms with Crippen LogP contribution in [0.3, 0.4) is 0 Å². The summed E-state index contributed by atoms with van der Waals surface area (Å²) in [6.45, 7) is 21.9. The van der Waals surface area contributed by atoms with Crippen LogP contribution in [0.1, 0.15) is 109 Å². The van der Waals surface area contributed by atoms with Crippen molar-refractivity contribution in [3.05, 3.63) is 186 Å². The van der Waals surface area contributed by atoms with Gasteiger partial charge in [0, 0.05) is 33.7 Å². The number of para-hydroxylation sites is 1. The van der Waals surface area contributed by atoms with E-state index in [-0.39, 0.29) is 21.7 Å². The SMILES string of the molecule is Cc1cc(-c2ccccc2)ccc1N1c2cc3c(cc2Bc2c(-c4cc5c(cc4Nc4ccc(-c6ccccc6)cc4)C(C)(C)CCC5(C)C)cc4oc5ccccc5c4c21)C(C)(C)CCC3(C)C. The van der Waals surface area contributed by atoms with Gasteiger partial charge in [0.25, 0.3) is 0 Å². The number of hydrogen-bond acceptors (Lipinski definition) is 3. The third-order valence-corrected chi connectivity index (χ3v) is 16.7. The lowest BCUT2D eigenvalue weighted by atomic mass is 9.54. The lowest BCUT2D eigenvalue weighted by molar-refractivity contribution is 0.332. The van der Waals surface area contributed by atoms with E-state index in [0.29, 0.717) is 0 Å². The minimum Gasteiger partial charge on any atom is -0.456 e. The van der Waals surface area contributed by atoms with E-state index in [1.807, 2.05) is 0 Å². The van der Waals surface area contributed by atoms with E-state index in [1.165, 1.54) is 101 Å². The first kappa shape index (κ1) is 43.5. The summed E-state index contributed by atoms with van der Waals surface area (Å²) in [6, 6.07) is 58.9. The van der Waals surface area contributed by atoms with Gasteiger partial charge in [-0.15, -0.1) is 0 Å². The molecule has 3 nitrogen and oxygen atoms in total. The molecule has 0 bridgehead atoms. The second-order valence-corrected chi connectivity index (χ2v) is 23.2. The van der Waals surface area contributed by atoms with Crippen LogP contribution in [0.15, 0.2) is 162 Å². The Kier molecular flexibility index (Phi) is 9.85. The van der Waals surface area contributed by atoms with Crippen molar-refractivity contribution in [2.24, 2.45) is 0 Å². The number of nitrogens with zero attached hydrogens (tertiary/aromatic N) is 1. The number of hydrogen-bond donors (Lipinski definition) is 1. The molecule has 8 aromatic carbocycles. The second kappa shape index (κ2) is 15.6. The summed E-state index contributed by atoms with van der Waals surface area (Å²) in [5.41, 5.74) is 24.9. The summed E-state index contributed by atoms with van der Waals surface area (Å²) in [5.74, 6) is 0. The van der Waals surface area contributed by atoms with Gasteiger partial charge in [0.2, 0.25) is 0 Å². The lowest BCUT2D eigenvalue weighted by Gasteiger charge is -2.44. The Balaban J connectivity index is 1.16. The molecule has 0 unspecified atom stereocenters. The number of benzene rings is 8. The highest BCUT2D eigenvalue weighted by Gasteiger charge is 2.42. The molecule has 2 heterocycles. The first-order chi connectivity index (χ1) is 33.1. The highest BCUT2D eigenvalue weighted by molar-refractivity contribution is 6.74. The zero-order valence-corrected chi connectivity index (χ0v) is 41.9. The Morgan fingerprint density at radius 1 is 0.478 bits per heavy atom. The molecule has 342 valence electrons. The summed E-state index contributed by atoms with van der Waals surface area (Å²) >= 11 is 0. The standard InChI is InChI=1S/C65H63BN2O/c1-40-34-44(42-20-14-11-15-21-42)26-29-55(40)68-56-39-52-50(63(4,5)31-33-65(52,8)9)37-53(56)66-60-48(36-58-59(61(60)68)46-22-16-17-23-57(46)69-58)47-35-49-51(64(6,7)32-30-62(49,2)3)38-54(47)67-45-27-24-43(25-28-45)41-18-12-10-13-19-41/h10-29,34-39,66-67H,30-33H2,1-9H3. The van der Waals surface area contributed by atoms with Crippen LogP contribution in [0.25, 0.3) is 55.3 Å². The van der Waals surface area contributed by atoms with Gasteiger partial charge in [-0.1, -0.05) is 164 Å². The van der Waals surface area contributed by atoms with Gasteiger partial charge in [-0.3, -0.25) is 0 Å². The minimum atomic E-state index is 0.00663. The van der Waals surface area contributed by atoms with Crippen molar-refractivity contribution in [1.29, 1.82) is 0 Å². The molecule has 0 radical (unpaired) electrons. The maximum absolute atomic E-state index is 7.06. The van der Waals surface area contributed by atoms with Crippen LogP contribution in [-0.2, 0) is 21.7 Å². The monoisotopic (exact) mass is 899 g/mol. The van der Waals surface area contributed by atoms with Crippen LogP contribution in [0.4, 0.5) is 28.4 Å². The van der Waals surface area contributed by atoms with Gasteiger partial charge < -0.3 is 14.6 Å². The van der Waals surface area contributed by atoms with E-state index in [2.05, 4.69) is 230 Å². The topological polar surface area (TPSA) is 28.4 Å². The molecule has 1 aliphatic heterocycles. The van der Waals surface area contributed by atoms with Crippen molar-refractivity contribution in [2.45, 2.75) is 110 Å². The molecule has 0 atom stereocenters. The quantitative estimate of drug-likeness (QED) is 0.169. The van der Waals surface area contributed by atoms with E-state index in [1.54, 1.807) is 0 Å². The summed E-state index contributed by atoms with van der Waals surface area (Å²) < 4.78 is 7.06. The molecule has 9 aromatic rings. The predicted octanol–water partition coefficient (Wildman–Crippen LogP) is 16.5. The Morgan fingerprint density at radius 3 is 1.65 bits per heavy atom. The van der Waals surface area contributed by atoms with Crippen molar-refractivity contribution >= 4 is 68.6 Å². The van der Waals surface area contributed by atoms with Crippen LogP contribution in [0.2, 0.25) is 0 Å². The van der Waals surface area contributed by atoms with Gasteiger partial charge in [0.05, 0.1) is 11.1 Å². The lowest BCUT2D eigenvalue weighted by Crippen LogP contribution is -2.44. The first-order valence-electron chi connectivity index (χ1n) is 25.3. The Morgan fingerprint density at radius 2 is 1.01 bits per heavy atom. The van der Waals surface area contributed by atoms with E-state index >= 15 is 0 Å². The van der Waals surface area contributed by atoms with Gasteiger partial charge in [-0.2, -0.15) is 0 Å². The number of fused-ring (bicyclic) bond motifs is 8. The Bertz CT molecular complexity index is 3500. The predicted molar refractivity (Wildman–Crippen MR) is 296 cm³/mol. The van der Waals surface area contributed by atoms with Crippen LogP contribution < -0.4 is 21.1 Å². The third kappa shape index (κ3) is 7.16. The maximum Gasteiger partial charge on any atom is 0.198 e. The number of aryl methyl sites for hydroxylation is 1. The average molecular weight is 899 g/mol. The fraction of sp³-hybridized carbons (Fsp3) is 0.262. The van der Waals surface area contributed by atoms with E-state index in [0.717, 1.165) is 54.5 Å². The van der Waals surface area contributed by atoms with Crippen LogP contribution in [-0.4, -0.2) is 7.28 Å². The minimum absolute atomic E-state index is 0.00663. The van der Waals surface area contributed by atoms with Crippen molar-refractivity contribution in [1.82, 2.24) is 0 Å². The average Bonchev–Trinajstić information content (AvgIpc) is 3.72. The smallest absolute Gasteiger partial charge is 0.198 e.